The molecule has 12 nitrogen and oxygen atoms in total. The lowest BCUT2D eigenvalue weighted by atomic mass is 9.84. The highest BCUT2D eigenvalue weighted by Crippen LogP contribution is 2.36. The Labute approximate surface area is 253 Å². The van der Waals surface area contributed by atoms with Crippen LogP contribution in [0.4, 0.5) is 4.79 Å². The van der Waals surface area contributed by atoms with Crippen LogP contribution in [0.1, 0.15) is 86.0 Å². The molecule has 0 aromatic rings. The monoisotopic (exact) mass is 603 g/mol. The van der Waals surface area contributed by atoms with Crippen LogP contribution in [-0.4, -0.2) is 77.7 Å². The molecular weight excluding hydrogens is 554 g/mol. The van der Waals surface area contributed by atoms with E-state index in [1.165, 1.54) is 4.90 Å². The van der Waals surface area contributed by atoms with Crippen molar-refractivity contribution in [2.45, 2.75) is 110 Å². The second-order valence-corrected chi connectivity index (χ2v) is 14.4. The number of nitrogens with two attached hydrogens (primary N) is 1. The lowest BCUT2D eigenvalue weighted by Gasteiger charge is -2.37. The summed E-state index contributed by atoms with van der Waals surface area (Å²) in [7, 11) is 0. The van der Waals surface area contributed by atoms with Gasteiger partial charge in [0.1, 0.15) is 18.1 Å². The molecule has 5 amide bonds. The van der Waals surface area contributed by atoms with Crippen LogP contribution in [0.5, 0.6) is 0 Å². The molecule has 0 aromatic carbocycles. The fraction of sp³-hybridized carbons (Fsp3) is 0.806. The highest BCUT2D eigenvalue weighted by molar-refractivity contribution is 6.37. The van der Waals surface area contributed by atoms with E-state index in [-0.39, 0.29) is 23.7 Å². The molecule has 3 aliphatic carbocycles. The van der Waals surface area contributed by atoms with E-state index in [4.69, 9.17) is 10.5 Å². The number of rotatable bonds is 14. The van der Waals surface area contributed by atoms with Gasteiger partial charge in [0.05, 0.1) is 12.6 Å². The number of urea groups is 1. The smallest absolute Gasteiger partial charge is 0.328 e. The number of likely N-dealkylation sites (tertiary alicyclic amines) is 1. The minimum Gasteiger partial charge on any atom is -0.464 e. The maximum atomic E-state index is 14.1. The largest absolute Gasteiger partial charge is 0.464 e. The number of amides is 5. The number of nitrogens with zero attached hydrogens (tertiary/aromatic N) is 1. The molecule has 43 heavy (non-hydrogen) atoms. The third kappa shape index (κ3) is 8.69. The summed E-state index contributed by atoms with van der Waals surface area (Å²) in [5.41, 5.74) is 4.54. The first-order valence-corrected chi connectivity index (χ1v) is 15.9. The van der Waals surface area contributed by atoms with E-state index in [2.05, 4.69) is 16.0 Å². The fourth-order valence-corrected chi connectivity index (χ4v) is 5.95. The van der Waals surface area contributed by atoms with E-state index in [0.717, 1.165) is 38.5 Å². The molecule has 12 heteroatoms. The van der Waals surface area contributed by atoms with Crippen molar-refractivity contribution < 1.29 is 33.5 Å². The third-order valence-electron chi connectivity index (χ3n) is 9.18. The van der Waals surface area contributed by atoms with Crippen LogP contribution in [0.2, 0.25) is 0 Å². The molecule has 4 rings (SSSR count). The first-order valence-electron chi connectivity index (χ1n) is 15.9. The number of Topliss-reactive ketones (excluding diaryl/α,β-unsaturated/α-hetero) is 1. The minimum atomic E-state index is -1.10. The van der Waals surface area contributed by atoms with Crippen molar-refractivity contribution in [1.82, 2.24) is 20.9 Å². The normalized spacial score (nSPS) is 24.1. The molecule has 1 heterocycles. The van der Waals surface area contributed by atoms with Gasteiger partial charge in [0.25, 0.3) is 5.91 Å². The van der Waals surface area contributed by atoms with Crippen LogP contribution in [0.15, 0.2) is 0 Å². The second kappa shape index (κ2) is 13.2. The zero-order chi connectivity index (χ0) is 31.6. The number of carbonyl (C=O) groups excluding carboxylic acids is 6. The zero-order valence-corrected chi connectivity index (χ0v) is 26.1. The van der Waals surface area contributed by atoms with Crippen molar-refractivity contribution in [3.63, 3.8) is 0 Å². The zero-order valence-electron chi connectivity index (χ0n) is 26.1. The molecule has 240 valence electrons. The lowest BCUT2D eigenvalue weighted by Crippen LogP contribution is -2.61. The highest BCUT2D eigenvalue weighted by Gasteiger charge is 2.48. The molecule has 0 radical (unpaired) electrons. The second-order valence-electron chi connectivity index (χ2n) is 14.4. The Kier molecular flexibility index (Phi) is 10.1. The Balaban J connectivity index is 1.48. The van der Waals surface area contributed by atoms with Gasteiger partial charge in [-0.25, -0.2) is 9.59 Å². The topological polar surface area (TPSA) is 177 Å². The van der Waals surface area contributed by atoms with E-state index in [1.807, 2.05) is 34.6 Å². The average Bonchev–Trinajstić information content (AvgIpc) is 3.78. The van der Waals surface area contributed by atoms with E-state index in [1.54, 1.807) is 0 Å². The maximum absolute atomic E-state index is 14.1. The van der Waals surface area contributed by atoms with Crippen LogP contribution in [-0.2, 0) is 28.7 Å². The molecule has 5 N–H and O–H groups in total. The highest BCUT2D eigenvalue weighted by atomic mass is 16.5. The number of hydrogen-bond acceptors (Lipinski definition) is 7. The Morgan fingerprint density at radius 3 is 2.02 bits per heavy atom. The van der Waals surface area contributed by atoms with Gasteiger partial charge in [-0.05, 0) is 73.5 Å². The quantitative estimate of drug-likeness (QED) is 0.172. The summed E-state index contributed by atoms with van der Waals surface area (Å²) in [6.07, 6.45) is 6.44. The SMILES string of the molecule is CC(C)[C@H]1CCN(C(=O)[C@@H](NC(=O)N[C@H](C(=O)OCC2CC2)C2CC2)C(C)(C)C)[C@@H]1C(=O)NC(CC1CC1)C(=O)C(N)=O. The molecule has 4 fully saturated rings. The first-order chi connectivity index (χ1) is 20.2. The Morgan fingerprint density at radius 1 is 0.884 bits per heavy atom. The van der Waals surface area contributed by atoms with Crippen molar-refractivity contribution in [3.8, 4) is 0 Å². The van der Waals surface area contributed by atoms with Crippen molar-refractivity contribution >= 4 is 35.5 Å². The lowest BCUT2D eigenvalue weighted by molar-refractivity contribution is -0.147. The number of ether oxygens (including phenoxy) is 1. The fourth-order valence-electron chi connectivity index (χ4n) is 5.95. The van der Waals surface area contributed by atoms with Crippen molar-refractivity contribution in [2.75, 3.05) is 13.2 Å². The molecule has 0 spiro atoms. The van der Waals surface area contributed by atoms with Crippen LogP contribution >= 0.6 is 0 Å². The van der Waals surface area contributed by atoms with E-state index in [9.17, 15) is 28.8 Å². The van der Waals surface area contributed by atoms with Crippen molar-refractivity contribution in [2.24, 2.45) is 40.7 Å². The summed E-state index contributed by atoms with van der Waals surface area (Å²) in [5, 5.41) is 8.29. The van der Waals surface area contributed by atoms with E-state index < -0.39 is 65.1 Å². The van der Waals surface area contributed by atoms with Gasteiger partial charge in [-0.15, -0.1) is 0 Å². The number of primary amides is 1. The maximum Gasteiger partial charge on any atom is 0.328 e. The van der Waals surface area contributed by atoms with Gasteiger partial charge in [-0.1, -0.05) is 47.5 Å². The summed E-state index contributed by atoms with van der Waals surface area (Å²) in [5.74, 6) is -2.82. The summed E-state index contributed by atoms with van der Waals surface area (Å²) < 4.78 is 5.44. The number of esters is 1. The average molecular weight is 604 g/mol. The number of nitrogens with one attached hydrogen (secondary N) is 3. The number of carbonyl (C=O) groups is 6. The molecular formula is C31H49N5O7. The predicted octanol–water partition coefficient (Wildman–Crippen LogP) is 1.64. The molecule has 5 atom stereocenters. The molecule has 1 unspecified atom stereocenters. The summed E-state index contributed by atoms with van der Waals surface area (Å²) in [6, 6.07) is -4.36. The van der Waals surface area contributed by atoms with Crippen LogP contribution in [0.25, 0.3) is 0 Å². The summed E-state index contributed by atoms with van der Waals surface area (Å²) in [4.78, 5) is 79.6. The van der Waals surface area contributed by atoms with E-state index in [0.29, 0.717) is 31.9 Å². The van der Waals surface area contributed by atoms with Crippen LogP contribution in [0.3, 0.4) is 0 Å². The standard InChI is InChI=1S/C31H49N5O7/c1-16(2)20-12-13-36(23(20)27(39)33-21(14-17-6-7-17)24(37)26(32)38)28(40)25(31(3,4)5)35-30(42)34-22(19-10-11-19)29(41)43-15-18-8-9-18/h16-23,25H,6-15H2,1-5H3,(H2,32,38)(H,33,39)(H2,34,35,42)/t20-,21?,22+,23+,25-/m1/s1. The van der Waals surface area contributed by atoms with Crippen molar-refractivity contribution in [3.05, 3.63) is 0 Å². The molecule has 1 aliphatic heterocycles. The Bertz CT molecular complexity index is 1110. The summed E-state index contributed by atoms with van der Waals surface area (Å²) in [6.45, 7) is 10.1. The number of ketones is 1. The van der Waals surface area contributed by atoms with Gasteiger partial charge in [0.2, 0.25) is 17.6 Å². The number of hydrogen-bond donors (Lipinski definition) is 4. The van der Waals surface area contributed by atoms with Gasteiger partial charge in [0.15, 0.2) is 0 Å². The molecule has 0 bridgehead atoms. The Morgan fingerprint density at radius 2 is 1.51 bits per heavy atom. The minimum absolute atomic E-state index is 0.00592. The first kappa shape index (κ1) is 32.7. The van der Waals surface area contributed by atoms with Gasteiger partial charge in [-0.2, -0.15) is 0 Å². The molecule has 4 aliphatic rings. The van der Waals surface area contributed by atoms with Crippen molar-refractivity contribution in [1.29, 1.82) is 0 Å². The van der Waals surface area contributed by atoms with Gasteiger partial charge >= 0.3 is 12.0 Å². The molecule has 1 saturated heterocycles. The third-order valence-corrected chi connectivity index (χ3v) is 9.18. The van der Waals surface area contributed by atoms with Gasteiger partial charge in [-0.3, -0.25) is 19.2 Å². The molecule has 0 aromatic heterocycles. The predicted molar refractivity (Wildman–Crippen MR) is 157 cm³/mol. The van der Waals surface area contributed by atoms with E-state index >= 15 is 0 Å². The molecule has 3 saturated carbocycles. The van der Waals surface area contributed by atoms with Gasteiger partial charge < -0.3 is 31.3 Å². The van der Waals surface area contributed by atoms with Crippen LogP contribution < -0.4 is 21.7 Å². The Hall–Kier alpha value is -3.18. The van der Waals surface area contributed by atoms with Crippen LogP contribution in [0, 0.1) is 35.0 Å². The summed E-state index contributed by atoms with van der Waals surface area (Å²) >= 11 is 0. The van der Waals surface area contributed by atoms with Gasteiger partial charge in [0, 0.05) is 6.54 Å².